The third kappa shape index (κ3) is 2.94. The Morgan fingerprint density at radius 1 is 1.20 bits per heavy atom. The zero-order valence-corrected chi connectivity index (χ0v) is 14.9. The molecule has 0 aromatic carbocycles. The molecular formula is C17H25N7O. The van der Waals surface area contributed by atoms with E-state index in [1.165, 1.54) is 12.7 Å². The van der Waals surface area contributed by atoms with Gasteiger partial charge in [0.15, 0.2) is 0 Å². The molecule has 1 amide bonds. The highest BCUT2D eigenvalue weighted by Gasteiger charge is 2.34. The first-order valence-corrected chi connectivity index (χ1v) is 9.20. The predicted molar refractivity (Wildman–Crippen MR) is 90.8 cm³/mol. The van der Waals surface area contributed by atoms with Crippen LogP contribution < -0.4 is 0 Å². The molecule has 134 valence electrons. The second kappa shape index (κ2) is 6.57. The molecule has 0 saturated carbocycles. The molecule has 2 aromatic rings. The Bertz CT molecular complexity index is 728. The highest BCUT2D eigenvalue weighted by Crippen LogP contribution is 2.31. The van der Waals surface area contributed by atoms with Gasteiger partial charge in [0, 0.05) is 32.0 Å². The van der Waals surface area contributed by atoms with Gasteiger partial charge in [-0.3, -0.25) is 4.79 Å². The maximum absolute atomic E-state index is 13.0. The Labute approximate surface area is 147 Å². The van der Waals surface area contributed by atoms with E-state index in [9.17, 15) is 4.79 Å². The van der Waals surface area contributed by atoms with Crippen molar-refractivity contribution in [1.29, 1.82) is 0 Å². The molecule has 0 N–H and O–H groups in total. The van der Waals surface area contributed by atoms with Crippen LogP contribution in [0.3, 0.4) is 0 Å². The number of carbonyl (C=O) groups is 1. The number of aryl methyl sites for hydroxylation is 1. The number of amides is 1. The highest BCUT2D eigenvalue weighted by molar-refractivity contribution is 5.80. The molecule has 25 heavy (non-hydrogen) atoms. The number of likely N-dealkylation sites (tertiary alicyclic amines) is 1. The lowest BCUT2D eigenvalue weighted by Gasteiger charge is -2.34. The molecule has 0 radical (unpaired) electrons. The van der Waals surface area contributed by atoms with E-state index in [-0.39, 0.29) is 17.9 Å². The van der Waals surface area contributed by atoms with Gasteiger partial charge in [-0.1, -0.05) is 13.8 Å². The molecule has 8 heteroatoms. The largest absolute Gasteiger partial charge is 0.341 e. The van der Waals surface area contributed by atoms with Crippen LogP contribution in [0.15, 0.2) is 12.7 Å². The second-order valence-corrected chi connectivity index (χ2v) is 7.39. The summed E-state index contributed by atoms with van der Waals surface area (Å²) in [6.45, 7) is 6.68. The van der Waals surface area contributed by atoms with Crippen molar-refractivity contribution in [3.8, 4) is 0 Å². The van der Waals surface area contributed by atoms with Crippen molar-refractivity contribution >= 4 is 5.91 Å². The number of piperidine rings is 1. The minimum atomic E-state index is -0.281. The standard InChI is InChI=1S/C17H25N7O/c1-12(2)15(24-11-18-10-19-24)17(25)22-8-5-13(6-9-22)16-21-20-14-4-3-7-23(14)16/h10-13,15H,3-9H2,1-2H3. The molecule has 4 rings (SSSR count). The quantitative estimate of drug-likeness (QED) is 0.838. The van der Waals surface area contributed by atoms with Crippen molar-refractivity contribution < 1.29 is 4.79 Å². The Balaban J connectivity index is 1.43. The second-order valence-electron chi connectivity index (χ2n) is 7.39. The summed E-state index contributed by atoms with van der Waals surface area (Å²) in [4.78, 5) is 19.0. The van der Waals surface area contributed by atoms with Gasteiger partial charge in [0.2, 0.25) is 5.91 Å². The molecule has 2 aliphatic heterocycles. The smallest absolute Gasteiger partial charge is 0.247 e. The maximum atomic E-state index is 13.0. The van der Waals surface area contributed by atoms with Gasteiger partial charge >= 0.3 is 0 Å². The van der Waals surface area contributed by atoms with Crippen molar-refractivity contribution in [2.24, 2.45) is 5.92 Å². The zero-order valence-electron chi connectivity index (χ0n) is 14.9. The SMILES string of the molecule is CC(C)C(C(=O)N1CCC(c2nnc3n2CCC3)CC1)n1cncn1. The van der Waals surface area contributed by atoms with Crippen LogP contribution in [-0.4, -0.2) is 53.4 Å². The first-order chi connectivity index (χ1) is 12.1. The third-order valence-electron chi connectivity index (χ3n) is 5.42. The average molecular weight is 343 g/mol. The summed E-state index contributed by atoms with van der Waals surface area (Å²) in [5, 5.41) is 12.9. The van der Waals surface area contributed by atoms with E-state index in [1.807, 2.05) is 4.90 Å². The van der Waals surface area contributed by atoms with Gasteiger partial charge in [-0.15, -0.1) is 10.2 Å². The van der Waals surface area contributed by atoms with E-state index < -0.39 is 0 Å². The van der Waals surface area contributed by atoms with Gasteiger partial charge in [0.25, 0.3) is 0 Å². The topological polar surface area (TPSA) is 81.7 Å². The first-order valence-electron chi connectivity index (χ1n) is 9.20. The average Bonchev–Trinajstić information content (AvgIpc) is 3.33. The third-order valence-corrected chi connectivity index (χ3v) is 5.42. The molecule has 0 aliphatic carbocycles. The van der Waals surface area contributed by atoms with Crippen LogP contribution in [0.4, 0.5) is 0 Å². The summed E-state index contributed by atoms with van der Waals surface area (Å²) in [5.74, 6) is 2.97. The molecule has 0 spiro atoms. The molecule has 1 unspecified atom stereocenters. The first kappa shape index (κ1) is 16.2. The number of carbonyl (C=O) groups excluding carboxylic acids is 1. The van der Waals surface area contributed by atoms with Gasteiger partial charge in [-0.25, -0.2) is 9.67 Å². The van der Waals surface area contributed by atoms with Crippen molar-refractivity contribution in [2.75, 3.05) is 13.1 Å². The van der Waals surface area contributed by atoms with Gasteiger partial charge in [-0.2, -0.15) is 5.10 Å². The van der Waals surface area contributed by atoms with Crippen molar-refractivity contribution in [3.63, 3.8) is 0 Å². The fraction of sp³-hybridized carbons (Fsp3) is 0.706. The minimum Gasteiger partial charge on any atom is -0.341 e. The monoisotopic (exact) mass is 343 g/mol. The van der Waals surface area contributed by atoms with Crippen LogP contribution in [0.25, 0.3) is 0 Å². The van der Waals surface area contributed by atoms with Crippen LogP contribution >= 0.6 is 0 Å². The summed E-state index contributed by atoms with van der Waals surface area (Å²) < 4.78 is 3.97. The number of aromatic nitrogens is 6. The predicted octanol–water partition coefficient (Wildman–Crippen LogP) is 1.42. The van der Waals surface area contributed by atoms with Crippen molar-refractivity contribution in [2.45, 2.75) is 58.0 Å². The lowest BCUT2D eigenvalue weighted by molar-refractivity contribution is -0.137. The summed E-state index contributed by atoms with van der Waals surface area (Å²) in [6, 6.07) is -0.281. The normalized spacial score (nSPS) is 19.4. The van der Waals surface area contributed by atoms with E-state index in [4.69, 9.17) is 0 Å². The fourth-order valence-electron chi connectivity index (χ4n) is 4.08. The number of hydrogen-bond donors (Lipinski definition) is 0. The Morgan fingerprint density at radius 3 is 2.68 bits per heavy atom. The number of rotatable bonds is 4. The van der Waals surface area contributed by atoms with E-state index in [0.717, 1.165) is 50.5 Å². The van der Waals surface area contributed by atoms with Gasteiger partial charge in [0.1, 0.15) is 30.3 Å². The number of fused-ring (bicyclic) bond motifs is 1. The van der Waals surface area contributed by atoms with Crippen LogP contribution in [0.2, 0.25) is 0 Å². The Kier molecular flexibility index (Phi) is 4.27. The maximum Gasteiger partial charge on any atom is 0.247 e. The van der Waals surface area contributed by atoms with Crippen LogP contribution in [-0.2, 0) is 17.8 Å². The summed E-state index contributed by atoms with van der Waals surface area (Å²) >= 11 is 0. The van der Waals surface area contributed by atoms with Crippen LogP contribution in [0, 0.1) is 5.92 Å². The van der Waals surface area contributed by atoms with E-state index in [0.29, 0.717) is 5.92 Å². The van der Waals surface area contributed by atoms with E-state index >= 15 is 0 Å². The number of nitrogens with zero attached hydrogens (tertiary/aromatic N) is 7. The Morgan fingerprint density at radius 2 is 2.00 bits per heavy atom. The fourth-order valence-corrected chi connectivity index (χ4v) is 4.08. The molecule has 0 bridgehead atoms. The molecule has 1 fully saturated rings. The molecule has 2 aliphatic rings. The van der Waals surface area contributed by atoms with Gasteiger partial charge in [-0.05, 0) is 25.2 Å². The molecule has 8 nitrogen and oxygen atoms in total. The zero-order chi connectivity index (χ0) is 17.4. The van der Waals surface area contributed by atoms with Crippen LogP contribution in [0.1, 0.15) is 56.7 Å². The molecular weight excluding hydrogens is 318 g/mol. The highest BCUT2D eigenvalue weighted by atomic mass is 16.2. The van der Waals surface area contributed by atoms with Crippen LogP contribution in [0.5, 0.6) is 0 Å². The summed E-state index contributed by atoms with van der Waals surface area (Å²) in [5.41, 5.74) is 0. The van der Waals surface area contributed by atoms with Gasteiger partial charge in [0.05, 0.1) is 0 Å². The minimum absolute atomic E-state index is 0.144. The van der Waals surface area contributed by atoms with E-state index in [1.54, 1.807) is 11.0 Å². The van der Waals surface area contributed by atoms with Crippen molar-refractivity contribution in [1.82, 2.24) is 34.4 Å². The van der Waals surface area contributed by atoms with Gasteiger partial charge < -0.3 is 9.47 Å². The number of hydrogen-bond acceptors (Lipinski definition) is 5. The molecule has 1 atom stereocenters. The molecule has 2 aromatic heterocycles. The van der Waals surface area contributed by atoms with E-state index in [2.05, 4.69) is 38.7 Å². The Hall–Kier alpha value is -2.25. The van der Waals surface area contributed by atoms with Crippen molar-refractivity contribution in [3.05, 3.63) is 24.3 Å². The lowest BCUT2D eigenvalue weighted by Crippen LogP contribution is -2.43. The lowest BCUT2D eigenvalue weighted by atomic mass is 9.94. The molecule has 4 heterocycles. The molecule has 1 saturated heterocycles. The summed E-state index contributed by atoms with van der Waals surface area (Å²) in [7, 11) is 0. The summed E-state index contributed by atoms with van der Waals surface area (Å²) in [6.07, 6.45) is 7.23.